The van der Waals surface area contributed by atoms with E-state index in [1.807, 2.05) is 66.7 Å². The highest BCUT2D eigenvalue weighted by atomic mass is 16.2. The Bertz CT molecular complexity index is 1090. The molecule has 0 aliphatic carbocycles. The molecule has 2 N–H and O–H groups in total. The summed E-state index contributed by atoms with van der Waals surface area (Å²) in [6.07, 6.45) is 1.78. The van der Waals surface area contributed by atoms with Crippen molar-refractivity contribution in [1.29, 1.82) is 0 Å². The normalized spacial score (nSPS) is 13.5. The van der Waals surface area contributed by atoms with E-state index in [4.69, 9.17) is 0 Å². The Balaban J connectivity index is 1.29. The van der Waals surface area contributed by atoms with Crippen molar-refractivity contribution in [3.05, 3.63) is 77.9 Å². The van der Waals surface area contributed by atoms with E-state index in [0.717, 1.165) is 40.6 Å². The second-order valence-electron chi connectivity index (χ2n) is 7.40. The predicted molar refractivity (Wildman–Crippen MR) is 116 cm³/mol. The first kappa shape index (κ1) is 19.6. The van der Waals surface area contributed by atoms with E-state index in [0.29, 0.717) is 6.42 Å². The highest BCUT2D eigenvalue weighted by molar-refractivity contribution is 5.95. The third kappa shape index (κ3) is 4.49. The summed E-state index contributed by atoms with van der Waals surface area (Å²) in [5.74, 6) is -0.441. The lowest BCUT2D eigenvalue weighted by molar-refractivity contribution is -0.128. The first-order valence-corrected chi connectivity index (χ1v) is 10.0. The molecule has 0 bridgehead atoms. The van der Waals surface area contributed by atoms with Crippen molar-refractivity contribution in [2.24, 2.45) is 0 Å². The quantitative estimate of drug-likeness (QED) is 0.646. The number of rotatable bonds is 5. The van der Waals surface area contributed by atoms with E-state index >= 15 is 0 Å². The first-order chi connectivity index (χ1) is 14.6. The van der Waals surface area contributed by atoms with Gasteiger partial charge in [0.15, 0.2) is 0 Å². The first-order valence-electron chi connectivity index (χ1n) is 10.0. The SMILES string of the molecule is O=C(Cc1ccc(N2CCCC2=O)cc1)NNC(=O)Cc1cccc2ccccc12. The molecule has 6 nitrogen and oxygen atoms in total. The predicted octanol–water partition coefficient (Wildman–Crippen LogP) is 2.90. The molecule has 3 amide bonds. The van der Waals surface area contributed by atoms with Gasteiger partial charge in [-0.2, -0.15) is 0 Å². The summed E-state index contributed by atoms with van der Waals surface area (Å²) in [5.41, 5.74) is 7.53. The molecule has 1 heterocycles. The molecule has 0 spiro atoms. The monoisotopic (exact) mass is 401 g/mol. The van der Waals surface area contributed by atoms with Gasteiger partial charge in [0.2, 0.25) is 17.7 Å². The van der Waals surface area contributed by atoms with Crippen molar-refractivity contribution >= 4 is 34.2 Å². The van der Waals surface area contributed by atoms with Crippen molar-refractivity contribution in [2.75, 3.05) is 11.4 Å². The number of nitrogens with zero attached hydrogens (tertiary/aromatic N) is 1. The number of benzene rings is 3. The number of fused-ring (bicyclic) bond motifs is 1. The lowest BCUT2D eigenvalue weighted by Crippen LogP contribution is -2.43. The molecule has 1 aliphatic heterocycles. The smallest absolute Gasteiger partial charge is 0.242 e. The van der Waals surface area contributed by atoms with Crippen LogP contribution in [0.4, 0.5) is 5.69 Å². The second-order valence-corrected chi connectivity index (χ2v) is 7.40. The van der Waals surface area contributed by atoms with Gasteiger partial charge in [0, 0.05) is 18.7 Å². The third-order valence-corrected chi connectivity index (χ3v) is 5.26. The Labute approximate surface area is 174 Å². The summed E-state index contributed by atoms with van der Waals surface area (Å²) >= 11 is 0. The summed E-state index contributed by atoms with van der Waals surface area (Å²) in [5, 5.41) is 2.10. The Morgan fingerprint density at radius 1 is 0.833 bits per heavy atom. The molecule has 1 saturated heterocycles. The Hall–Kier alpha value is -3.67. The standard InChI is InChI=1S/C24H23N3O3/c28-22(15-17-10-12-20(13-11-17)27-14-4-9-24(27)30)25-26-23(29)16-19-7-3-6-18-5-1-2-8-21(18)19/h1-3,5-8,10-13H,4,9,14-16H2,(H,25,28)(H,26,29). The van der Waals surface area contributed by atoms with Crippen LogP contribution in [0.1, 0.15) is 24.0 Å². The molecule has 152 valence electrons. The minimum atomic E-state index is -0.300. The summed E-state index contributed by atoms with van der Waals surface area (Å²) in [6.45, 7) is 0.737. The van der Waals surface area contributed by atoms with Crippen LogP contribution in [-0.4, -0.2) is 24.3 Å². The van der Waals surface area contributed by atoms with E-state index in [9.17, 15) is 14.4 Å². The van der Waals surface area contributed by atoms with Gasteiger partial charge in [0.25, 0.3) is 0 Å². The largest absolute Gasteiger partial charge is 0.312 e. The van der Waals surface area contributed by atoms with E-state index in [-0.39, 0.29) is 30.6 Å². The molecule has 6 heteroatoms. The average molecular weight is 401 g/mol. The van der Waals surface area contributed by atoms with Crippen LogP contribution in [0, 0.1) is 0 Å². The van der Waals surface area contributed by atoms with Gasteiger partial charge in [0.05, 0.1) is 12.8 Å². The number of hydrogen-bond acceptors (Lipinski definition) is 3. The summed E-state index contributed by atoms with van der Waals surface area (Å²) in [7, 11) is 0. The topological polar surface area (TPSA) is 78.5 Å². The highest BCUT2D eigenvalue weighted by Crippen LogP contribution is 2.22. The zero-order chi connectivity index (χ0) is 20.9. The molecular weight excluding hydrogens is 378 g/mol. The van der Waals surface area contributed by atoms with Gasteiger partial charge in [-0.15, -0.1) is 0 Å². The molecule has 3 aromatic rings. The van der Waals surface area contributed by atoms with Crippen molar-refractivity contribution in [3.63, 3.8) is 0 Å². The molecule has 0 atom stereocenters. The molecule has 0 radical (unpaired) electrons. The fourth-order valence-electron chi connectivity index (χ4n) is 3.75. The van der Waals surface area contributed by atoms with Crippen LogP contribution in [0.25, 0.3) is 10.8 Å². The van der Waals surface area contributed by atoms with Crippen molar-refractivity contribution < 1.29 is 14.4 Å². The molecule has 3 aromatic carbocycles. The molecule has 30 heavy (non-hydrogen) atoms. The maximum Gasteiger partial charge on any atom is 0.242 e. The van der Waals surface area contributed by atoms with E-state index in [1.165, 1.54) is 0 Å². The van der Waals surface area contributed by atoms with Gasteiger partial charge >= 0.3 is 0 Å². The Morgan fingerprint density at radius 2 is 1.53 bits per heavy atom. The summed E-state index contributed by atoms with van der Waals surface area (Å²) in [6, 6.07) is 21.1. The maximum absolute atomic E-state index is 12.3. The number of hydrogen-bond donors (Lipinski definition) is 2. The number of nitrogens with one attached hydrogen (secondary N) is 2. The van der Waals surface area contributed by atoms with E-state index in [2.05, 4.69) is 10.9 Å². The fourth-order valence-corrected chi connectivity index (χ4v) is 3.75. The lowest BCUT2D eigenvalue weighted by Gasteiger charge is -2.16. The number of carbonyl (C=O) groups is 3. The van der Waals surface area contributed by atoms with Crippen molar-refractivity contribution in [2.45, 2.75) is 25.7 Å². The van der Waals surface area contributed by atoms with E-state index < -0.39 is 0 Å². The van der Waals surface area contributed by atoms with Gasteiger partial charge in [-0.3, -0.25) is 25.2 Å². The van der Waals surface area contributed by atoms with Gasteiger partial charge in [0.1, 0.15) is 0 Å². The van der Waals surface area contributed by atoms with Gasteiger partial charge in [-0.25, -0.2) is 0 Å². The van der Waals surface area contributed by atoms with Gasteiger partial charge in [-0.1, -0.05) is 54.6 Å². The number of amides is 3. The molecule has 0 unspecified atom stereocenters. The molecule has 1 fully saturated rings. The second kappa shape index (κ2) is 8.78. The summed E-state index contributed by atoms with van der Waals surface area (Å²) in [4.78, 5) is 38.0. The van der Waals surface area contributed by atoms with Crippen LogP contribution >= 0.6 is 0 Å². The number of hydrazine groups is 1. The van der Waals surface area contributed by atoms with Crippen molar-refractivity contribution in [3.8, 4) is 0 Å². The Morgan fingerprint density at radius 3 is 2.27 bits per heavy atom. The maximum atomic E-state index is 12.3. The average Bonchev–Trinajstić information content (AvgIpc) is 3.19. The third-order valence-electron chi connectivity index (χ3n) is 5.26. The highest BCUT2D eigenvalue weighted by Gasteiger charge is 2.21. The zero-order valence-corrected chi connectivity index (χ0v) is 16.6. The fraction of sp³-hybridized carbons (Fsp3) is 0.208. The lowest BCUT2D eigenvalue weighted by atomic mass is 10.0. The van der Waals surface area contributed by atoms with Crippen LogP contribution in [-0.2, 0) is 27.2 Å². The zero-order valence-electron chi connectivity index (χ0n) is 16.6. The molecule has 4 rings (SSSR count). The summed E-state index contributed by atoms with van der Waals surface area (Å²) < 4.78 is 0. The van der Waals surface area contributed by atoms with Crippen LogP contribution in [0.15, 0.2) is 66.7 Å². The minimum Gasteiger partial charge on any atom is -0.312 e. The number of carbonyl (C=O) groups excluding carboxylic acids is 3. The molecule has 0 saturated carbocycles. The van der Waals surface area contributed by atoms with Crippen molar-refractivity contribution in [1.82, 2.24) is 10.9 Å². The van der Waals surface area contributed by atoms with Gasteiger partial charge < -0.3 is 4.90 Å². The van der Waals surface area contributed by atoms with E-state index in [1.54, 1.807) is 4.90 Å². The van der Waals surface area contributed by atoms with Crippen LogP contribution < -0.4 is 15.8 Å². The van der Waals surface area contributed by atoms with Gasteiger partial charge in [-0.05, 0) is 40.5 Å². The molecule has 1 aliphatic rings. The van der Waals surface area contributed by atoms with Crippen LogP contribution in [0.2, 0.25) is 0 Å². The van der Waals surface area contributed by atoms with Crippen LogP contribution in [0.5, 0.6) is 0 Å². The minimum absolute atomic E-state index is 0.134. The Kier molecular flexibility index (Phi) is 5.75. The number of anilines is 1. The molecule has 0 aromatic heterocycles. The molecular formula is C24H23N3O3. The van der Waals surface area contributed by atoms with Crippen LogP contribution in [0.3, 0.4) is 0 Å².